The lowest BCUT2D eigenvalue weighted by Crippen LogP contribution is -2.31. The first-order valence-electron chi connectivity index (χ1n) is 14.7. The normalized spacial score (nSPS) is 17.7. The van der Waals surface area contributed by atoms with Gasteiger partial charge < -0.3 is 20.4 Å². The van der Waals surface area contributed by atoms with Crippen molar-refractivity contribution in [2.75, 3.05) is 36.8 Å². The molecule has 0 spiro atoms. The SMILES string of the molecule is O=C(Nc1ccc(-c2ccc(NC(=O)[C@H]3CCN(C(=O)c4ccccn4)C3)cc2)cc1)[C@@H]1CCN(C(=O)c2ccccn2)C1. The van der Waals surface area contributed by atoms with Gasteiger partial charge in [-0.3, -0.25) is 29.1 Å². The van der Waals surface area contributed by atoms with Crippen molar-refractivity contribution in [1.82, 2.24) is 19.8 Å². The summed E-state index contributed by atoms with van der Waals surface area (Å²) in [5.41, 5.74) is 4.07. The van der Waals surface area contributed by atoms with Crippen molar-refractivity contribution in [3.8, 4) is 11.1 Å². The molecule has 0 saturated carbocycles. The van der Waals surface area contributed by atoms with E-state index in [4.69, 9.17) is 0 Å². The Morgan fingerprint density at radius 1 is 0.568 bits per heavy atom. The standard InChI is InChI=1S/C34H32N6O4/c41-31(25-15-19-39(21-25)33(43)29-5-1-3-17-35-29)37-27-11-7-23(8-12-27)24-9-13-28(14-10-24)38-32(42)26-16-20-40(22-26)34(44)30-6-2-4-18-36-30/h1-14,17-18,25-26H,15-16,19-22H2,(H,37,41)(H,38,42)/t25-,26+. The quantitative estimate of drug-likeness (QED) is 0.331. The van der Waals surface area contributed by atoms with Crippen molar-refractivity contribution < 1.29 is 19.2 Å². The fourth-order valence-corrected chi connectivity index (χ4v) is 5.60. The van der Waals surface area contributed by atoms with Gasteiger partial charge in [0.05, 0.1) is 11.8 Å². The van der Waals surface area contributed by atoms with Crippen molar-refractivity contribution in [3.05, 3.63) is 109 Å². The van der Waals surface area contributed by atoms with Gasteiger partial charge in [-0.15, -0.1) is 0 Å². The van der Waals surface area contributed by atoms with E-state index in [1.807, 2.05) is 48.5 Å². The molecule has 2 saturated heterocycles. The van der Waals surface area contributed by atoms with E-state index in [1.54, 1.807) is 58.6 Å². The molecule has 0 aliphatic carbocycles. The van der Waals surface area contributed by atoms with E-state index in [0.29, 0.717) is 61.8 Å². The van der Waals surface area contributed by atoms with Crippen LogP contribution >= 0.6 is 0 Å². The average molecular weight is 589 g/mol. The molecular weight excluding hydrogens is 556 g/mol. The van der Waals surface area contributed by atoms with Crippen LogP contribution in [0.4, 0.5) is 11.4 Å². The Hall–Kier alpha value is -5.38. The van der Waals surface area contributed by atoms with Crippen LogP contribution in [-0.4, -0.2) is 69.6 Å². The molecule has 2 atom stereocenters. The van der Waals surface area contributed by atoms with Crippen LogP contribution in [0, 0.1) is 11.8 Å². The molecule has 4 aromatic rings. The highest BCUT2D eigenvalue weighted by atomic mass is 16.2. The molecule has 10 heteroatoms. The molecule has 10 nitrogen and oxygen atoms in total. The van der Waals surface area contributed by atoms with Gasteiger partial charge in [-0.2, -0.15) is 0 Å². The van der Waals surface area contributed by atoms with Crippen LogP contribution in [0.25, 0.3) is 11.1 Å². The van der Waals surface area contributed by atoms with Crippen molar-refractivity contribution in [2.45, 2.75) is 12.8 Å². The van der Waals surface area contributed by atoms with Gasteiger partial charge >= 0.3 is 0 Å². The van der Waals surface area contributed by atoms with Gasteiger partial charge in [0.1, 0.15) is 11.4 Å². The van der Waals surface area contributed by atoms with Crippen molar-refractivity contribution in [3.63, 3.8) is 0 Å². The highest BCUT2D eigenvalue weighted by molar-refractivity contribution is 5.97. The predicted octanol–water partition coefficient (Wildman–Crippen LogP) is 4.35. The first kappa shape index (κ1) is 28.7. The number of hydrogen-bond donors (Lipinski definition) is 2. The number of pyridine rings is 2. The summed E-state index contributed by atoms with van der Waals surface area (Å²) < 4.78 is 0. The van der Waals surface area contributed by atoms with Crippen LogP contribution in [0.2, 0.25) is 0 Å². The number of carbonyl (C=O) groups is 4. The third-order valence-electron chi connectivity index (χ3n) is 8.10. The monoisotopic (exact) mass is 588 g/mol. The summed E-state index contributed by atoms with van der Waals surface area (Å²) in [5, 5.41) is 5.94. The molecule has 2 N–H and O–H groups in total. The lowest BCUT2D eigenvalue weighted by atomic mass is 10.0. The van der Waals surface area contributed by atoms with Gasteiger partial charge in [-0.25, -0.2) is 0 Å². The fraction of sp³-hybridized carbons (Fsp3) is 0.235. The number of anilines is 2. The lowest BCUT2D eigenvalue weighted by Gasteiger charge is -2.16. The maximum Gasteiger partial charge on any atom is 0.272 e. The number of benzene rings is 2. The van der Waals surface area contributed by atoms with E-state index in [1.165, 1.54) is 0 Å². The molecule has 2 aliphatic heterocycles. The zero-order valence-corrected chi connectivity index (χ0v) is 24.1. The van der Waals surface area contributed by atoms with E-state index in [9.17, 15) is 19.2 Å². The first-order valence-corrected chi connectivity index (χ1v) is 14.7. The van der Waals surface area contributed by atoms with Crippen LogP contribution in [0.5, 0.6) is 0 Å². The van der Waals surface area contributed by atoms with Crippen molar-refractivity contribution >= 4 is 35.0 Å². The molecule has 0 bridgehead atoms. The summed E-state index contributed by atoms with van der Waals surface area (Å²) in [4.78, 5) is 62.7. The van der Waals surface area contributed by atoms with Gasteiger partial charge in [0.2, 0.25) is 11.8 Å². The number of rotatable bonds is 7. The molecule has 0 radical (unpaired) electrons. The van der Waals surface area contributed by atoms with Crippen molar-refractivity contribution in [2.24, 2.45) is 11.8 Å². The molecule has 2 aromatic carbocycles. The molecule has 6 rings (SSSR count). The van der Waals surface area contributed by atoms with Crippen molar-refractivity contribution in [1.29, 1.82) is 0 Å². The molecule has 2 aliphatic rings. The largest absolute Gasteiger partial charge is 0.336 e. The Morgan fingerprint density at radius 3 is 1.34 bits per heavy atom. The molecular formula is C34H32N6O4. The van der Waals surface area contributed by atoms with Crippen LogP contribution in [0.3, 0.4) is 0 Å². The number of amides is 4. The molecule has 4 heterocycles. The minimum atomic E-state index is -0.279. The number of nitrogens with zero attached hydrogens (tertiary/aromatic N) is 4. The van der Waals surface area contributed by atoms with Gasteiger partial charge in [-0.1, -0.05) is 36.4 Å². The molecule has 2 fully saturated rings. The third-order valence-corrected chi connectivity index (χ3v) is 8.10. The van der Waals surface area contributed by atoms with Gasteiger partial charge in [0, 0.05) is 49.9 Å². The first-order chi connectivity index (χ1) is 21.4. The Bertz CT molecular complexity index is 1520. The highest BCUT2D eigenvalue weighted by Crippen LogP contribution is 2.26. The summed E-state index contributed by atoms with van der Waals surface area (Å²) in [5.74, 6) is -1.10. The Balaban J connectivity index is 0.988. The smallest absolute Gasteiger partial charge is 0.272 e. The minimum absolute atomic E-state index is 0.111. The topological polar surface area (TPSA) is 125 Å². The van der Waals surface area contributed by atoms with Crippen LogP contribution in [-0.2, 0) is 9.59 Å². The number of aromatic nitrogens is 2. The molecule has 222 valence electrons. The van der Waals surface area contributed by atoms with E-state index in [0.717, 1.165) is 11.1 Å². The molecule has 0 unspecified atom stereocenters. The second-order valence-electron chi connectivity index (χ2n) is 11.0. The Labute approximate surface area is 255 Å². The fourth-order valence-electron chi connectivity index (χ4n) is 5.60. The highest BCUT2D eigenvalue weighted by Gasteiger charge is 2.33. The number of carbonyl (C=O) groups excluding carboxylic acids is 4. The molecule has 2 aromatic heterocycles. The van der Waals surface area contributed by atoms with Crippen LogP contribution in [0.1, 0.15) is 33.8 Å². The summed E-state index contributed by atoms with van der Waals surface area (Å²) in [7, 11) is 0. The zero-order chi connectivity index (χ0) is 30.5. The number of hydrogen-bond acceptors (Lipinski definition) is 6. The van der Waals surface area contributed by atoms with Gasteiger partial charge in [0.25, 0.3) is 11.8 Å². The third kappa shape index (κ3) is 6.49. The lowest BCUT2D eigenvalue weighted by molar-refractivity contribution is -0.120. The summed E-state index contributed by atoms with van der Waals surface area (Å²) in [6.07, 6.45) is 4.39. The summed E-state index contributed by atoms with van der Waals surface area (Å²) in [6.45, 7) is 1.77. The zero-order valence-electron chi connectivity index (χ0n) is 24.1. The van der Waals surface area contributed by atoms with E-state index in [2.05, 4.69) is 20.6 Å². The van der Waals surface area contributed by atoms with E-state index in [-0.39, 0.29) is 35.5 Å². The second-order valence-corrected chi connectivity index (χ2v) is 11.0. The van der Waals surface area contributed by atoms with Crippen LogP contribution in [0.15, 0.2) is 97.3 Å². The van der Waals surface area contributed by atoms with Gasteiger partial charge in [0.15, 0.2) is 0 Å². The number of likely N-dealkylation sites (tertiary alicyclic amines) is 2. The maximum atomic E-state index is 12.9. The van der Waals surface area contributed by atoms with E-state index >= 15 is 0 Å². The van der Waals surface area contributed by atoms with Crippen LogP contribution < -0.4 is 10.6 Å². The molecule has 4 amide bonds. The minimum Gasteiger partial charge on any atom is -0.336 e. The predicted molar refractivity (Wildman–Crippen MR) is 166 cm³/mol. The maximum absolute atomic E-state index is 12.9. The summed E-state index contributed by atoms with van der Waals surface area (Å²) >= 11 is 0. The van der Waals surface area contributed by atoms with Gasteiger partial charge in [-0.05, 0) is 72.5 Å². The molecule has 44 heavy (non-hydrogen) atoms. The van der Waals surface area contributed by atoms with E-state index < -0.39 is 0 Å². The number of nitrogens with one attached hydrogen (secondary N) is 2. The Morgan fingerprint density at radius 2 is 0.977 bits per heavy atom. The second kappa shape index (κ2) is 12.9. The Kier molecular flexibility index (Phi) is 8.40. The average Bonchev–Trinajstić information content (AvgIpc) is 3.77. The summed E-state index contributed by atoms with van der Waals surface area (Å²) in [6, 6.07) is 25.6.